The van der Waals surface area contributed by atoms with Gasteiger partial charge in [0.25, 0.3) is 0 Å². The Morgan fingerprint density at radius 2 is 1.56 bits per heavy atom. The summed E-state index contributed by atoms with van der Waals surface area (Å²) in [5.74, 6) is -1.04. The zero-order chi connectivity index (χ0) is 6.48. The van der Waals surface area contributed by atoms with Crippen LogP contribution < -0.4 is 0 Å². The van der Waals surface area contributed by atoms with Gasteiger partial charge in [-0.05, 0) is 12.8 Å². The van der Waals surface area contributed by atoms with Crippen molar-refractivity contribution in [3.05, 3.63) is 0 Å². The van der Waals surface area contributed by atoms with Crippen LogP contribution in [0, 0.1) is 5.41 Å². The van der Waals surface area contributed by atoms with Crippen LogP contribution in [0.5, 0.6) is 0 Å². The monoisotopic (exact) mass is 128 g/mol. The fraction of sp³-hybridized carbons (Fsp3) is 0.600. The Morgan fingerprint density at radius 3 is 1.78 bits per heavy atom. The normalized spacial score (nSPS) is 28.0. The third-order valence-corrected chi connectivity index (χ3v) is 1.72. The Bertz CT molecular complexity index is 173. The van der Waals surface area contributed by atoms with Crippen LogP contribution in [0.2, 0.25) is 0 Å². The highest BCUT2D eigenvalue weighted by Crippen LogP contribution is 2.50. The van der Waals surface area contributed by atoms with E-state index in [1.165, 1.54) is 0 Å². The summed E-state index contributed by atoms with van der Waals surface area (Å²) in [5.41, 5.74) is -0.861. The van der Waals surface area contributed by atoms with Crippen molar-refractivity contribution >= 4 is 11.9 Å². The minimum Gasteiger partial charge on any atom is -0.246 e. The van der Waals surface area contributed by atoms with Gasteiger partial charge in [-0.3, -0.25) is 0 Å². The third-order valence-electron chi connectivity index (χ3n) is 1.72. The molecule has 1 saturated carbocycles. The molecule has 9 heavy (non-hydrogen) atoms. The Balaban J connectivity index is 2.37. The van der Waals surface area contributed by atoms with Gasteiger partial charge in [0.2, 0.25) is 0 Å². The Hall–Kier alpha value is -1.06. The van der Waals surface area contributed by atoms with Gasteiger partial charge >= 0.3 is 11.9 Å². The average Bonchev–Trinajstić information content (AvgIpc) is 2.56. The number of carbonyl (C=O) groups is 2. The molecule has 1 aliphatic carbocycles. The smallest absolute Gasteiger partial charge is 0.246 e. The van der Waals surface area contributed by atoms with Gasteiger partial charge in [0.15, 0.2) is 5.41 Å². The number of carbonyl (C=O) groups excluding carboxylic acids is 2. The standard InChI is InChI=1S/C5H4O4/c6-3-5(1-2-5)4(7)9-8-3/h1-2H2. The van der Waals surface area contributed by atoms with Gasteiger partial charge in [-0.2, -0.15) is 0 Å². The molecule has 0 radical (unpaired) electrons. The summed E-state index contributed by atoms with van der Waals surface area (Å²) in [6.07, 6.45) is 1.18. The molecule has 1 aliphatic heterocycles. The topological polar surface area (TPSA) is 52.6 Å². The van der Waals surface area contributed by atoms with Crippen molar-refractivity contribution in [2.24, 2.45) is 5.41 Å². The number of hydrogen-bond acceptors (Lipinski definition) is 4. The van der Waals surface area contributed by atoms with E-state index in [1.807, 2.05) is 0 Å². The summed E-state index contributed by atoms with van der Waals surface area (Å²) in [6, 6.07) is 0. The molecule has 0 N–H and O–H groups in total. The summed E-state index contributed by atoms with van der Waals surface area (Å²) in [4.78, 5) is 29.3. The Kier molecular flexibility index (Phi) is 0.583. The van der Waals surface area contributed by atoms with E-state index in [1.54, 1.807) is 0 Å². The van der Waals surface area contributed by atoms with Crippen molar-refractivity contribution in [1.29, 1.82) is 0 Å². The van der Waals surface area contributed by atoms with Crippen LogP contribution >= 0.6 is 0 Å². The van der Waals surface area contributed by atoms with Crippen molar-refractivity contribution < 1.29 is 19.4 Å². The molecule has 0 aromatic carbocycles. The van der Waals surface area contributed by atoms with Crippen LogP contribution in [0.4, 0.5) is 0 Å². The second-order valence-electron chi connectivity index (χ2n) is 2.32. The lowest BCUT2D eigenvalue weighted by atomic mass is 10.1. The molecule has 0 aromatic rings. The summed E-state index contributed by atoms with van der Waals surface area (Å²) in [7, 11) is 0. The lowest BCUT2D eigenvalue weighted by molar-refractivity contribution is -0.235. The summed E-state index contributed by atoms with van der Waals surface area (Å²) < 4.78 is 0. The molecule has 4 nitrogen and oxygen atoms in total. The highest BCUT2D eigenvalue weighted by molar-refractivity contribution is 6.05. The minimum atomic E-state index is -0.861. The van der Waals surface area contributed by atoms with Crippen LogP contribution in [0.15, 0.2) is 0 Å². The molecule has 4 heteroatoms. The molecule has 0 unspecified atom stereocenters. The molecule has 0 bridgehead atoms. The van der Waals surface area contributed by atoms with E-state index in [0.29, 0.717) is 12.8 Å². The molecule has 2 aliphatic rings. The largest absolute Gasteiger partial charge is 0.372 e. The summed E-state index contributed by atoms with van der Waals surface area (Å²) in [5, 5.41) is 0. The lowest BCUT2D eigenvalue weighted by Gasteiger charge is -1.85. The first-order chi connectivity index (χ1) is 4.26. The fourth-order valence-electron chi connectivity index (χ4n) is 0.852. The number of rotatable bonds is 0. The third kappa shape index (κ3) is 0.386. The van der Waals surface area contributed by atoms with Crippen molar-refractivity contribution in [3.8, 4) is 0 Å². The van der Waals surface area contributed by atoms with E-state index >= 15 is 0 Å². The van der Waals surface area contributed by atoms with Gasteiger partial charge in [0, 0.05) is 0 Å². The second kappa shape index (κ2) is 1.10. The molecule has 1 spiro atoms. The Morgan fingerprint density at radius 1 is 1.11 bits per heavy atom. The quantitative estimate of drug-likeness (QED) is 0.334. The van der Waals surface area contributed by atoms with E-state index in [0.717, 1.165) is 0 Å². The van der Waals surface area contributed by atoms with Crippen molar-refractivity contribution in [2.75, 3.05) is 0 Å². The molecular formula is C5H4O4. The first-order valence-corrected chi connectivity index (χ1v) is 2.69. The first kappa shape index (κ1) is 4.78. The van der Waals surface area contributed by atoms with Crippen LogP contribution in [-0.2, 0) is 19.4 Å². The van der Waals surface area contributed by atoms with Crippen molar-refractivity contribution in [3.63, 3.8) is 0 Å². The maximum atomic E-state index is 10.6. The van der Waals surface area contributed by atoms with Gasteiger partial charge in [0.1, 0.15) is 0 Å². The van der Waals surface area contributed by atoms with E-state index in [9.17, 15) is 9.59 Å². The van der Waals surface area contributed by atoms with Gasteiger partial charge in [-0.15, -0.1) is 0 Å². The molecule has 1 heterocycles. The zero-order valence-electron chi connectivity index (χ0n) is 4.55. The van der Waals surface area contributed by atoms with E-state index < -0.39 is 17.4 Å². The second-order valence-corrected chi connectivity index (χ2v) is 2.32. The number of hydrogen-bond donors (Lipinski definition) is 0. The predicted molar refractivity (Wildman–Crippen MR) is 23.9 cm³/mol. The SMILES string of the molecule is O=C1OOC(=O)C12CC2. The molecule has 0 atom stereocenters. The van der Waals surface area contributed by atoms with Crippen molar-refractivity contribution in [2.45, 2.75) is 12.8 Å². The van der Waals surface area contributed by atoms with Crippen LogP contribution in [0.3, 0.4) is 0 Å². The van der Waals surface area contributed by atoms with Gasteiger partial charge in [0.05, 0.1) is 0 Å². The zero-order valence-corrected chi connectivity index (χ0v) is 4.55. The molecule has 2 rings (SSSR count). The maximum Gasteiger partial charge on any atom is 0.372 e. The molecule has 2 fully saturated rings. The predicted octanol–water partition coefficient (Wildman–Crippen LogP) is -0.218. The summed E-state index contributed by atoms with van der Waals surface area (Å²) in [6.45, 7) is 0. The van der Waals surface area contributed by atoms with Gasteiger partial charge in [-0.1, -0.05) is 0 Å². The minimum absolute atomic E-state index is 0.521. The van der Waals surface area contributed by atoms with E-state index in [-0.39, 0.29) is 0 Å². The molecule has 48 valence electrons. The van der Waals surface area contributed by atoms with Crippen LogP contribution in [0.25, 0.3) is 0 Å². The fourth-order valence-corrected chi connectivity index (χ4v) is 0.852. The van der Waals surface area contributed by atoms with Gasteiger partial charge in [-0.25, -0.2) is 19.4 Å². The highest BCUT2D eigenvalue weighted by Gasteiger charge is 2.65. The first-order valence-electron chi connectivity index (χ1n) is 2.69. The molecule has 1 saturated heterocycles. The van der Waals surface area contributed by atoms with Crippen molar-refractivity contribution in [1.82, 2.24) is 0 Å². The van der Waals surface area contributed by atoms with Crippen LogP contribution in [-0.4, -0.2) is 11.9 Å². The summed E-state index contributed by atoms with van der Waals surface area (Å²) >= 11 is 0. The molecule has 0 aromatic heterocycles. The van der Waals surface area contributed by atoms with Crippen LogP contribution in [0.1, 0.15) is 12.8 Å². The molecular weight excluding hydrogens is 124 g/mol. The maximum absolute atomic E-state index is 10.6. The Labute approximate surface area is 50.7 Å². The molecule has 0 amide bonds. The van der Waals surface area contributed by atoms with E-state index in [2.05, 4.69) is 9.78 Å². The average molecular weight is 128 g/mol. The lowest BCUT2D eigenvalue weighted by Crippen LogP contribution is -2.15. The van der Waals surface area contributed by atoms with Gasteiger partial charge < -0.3 is 0 Å². The highest BCUT2D eigenvalue weighted by atomic mass is 17.2. The van der Waals surface area contributed by atoms with E-state index in [4.69, 9.17) is 0 Å².